The monoisotopic (exact) mass is 387 g/mol. The van der Waals surface area contributed by atoms with Gasteiger partial charge in [0.1, 0.15) is 0 Å². The number of halogens is 1. The zero-order chi connectivity index (χ0) is 17.1. The van der Waals surface area contributed by atoms with Crippen molar-refractivity contribution in [3.63, 3.8) is 0 Å². The van der Waals surface area contributed by atoms with E-state index >= 15 is 0 Å². The SMILES string of the molecule is CC1=C(c2ccc3ccccc3c2)C(=O)n2c1cc1ccc(Br)cc12. The number of aromatic nitrogens is 1. The Morgan fingerprint density at radius 1 is 0.840 bits per heavy atom. The van der Waals surface area contributed by atoms with Gasteiger partial charge < -0.3 is 0 Å². The van der Waals surface area contributed by atoms with E-state index in [0.29, 0.717) is 0 Å². The molecular weight excluding hydrogens is 374 g/mol. The van der Waals surface area contributed by atoms with Gasteiger partial charge in [0, 0.05) is 9.86 Å². The predicted octanol–water partition coefficient (Wildman–Crippen LogP) is 6.14. The van der Waals surface area contributed by atoms with E-state index in [1.807, 2.05) is 47.9 Å². The van der Waals surface area contributed by atoms with Crippen molar-refractivity contribution in [1.29, 1.82) is 0 Å². The van der Waals surface area contributed by atoms with Gasteiger partial charge in [0.15, 0.2) is 0 Å². The van der Waals surface area contributed by atoms with E-state index in [-0.39, 0.29) is 5.91 Å². The molecule has 120 valence electrons. The van der Waals surface area contributed by atoms with Crippen LogP contribution in [-0.4, -0.2) is 10.5 Å². The predicted molar refractivity (Wildman–Crippen MR) is 107 cm³/mol. The van der Waals surface area contributed by atoms with Crippen LogP contribution in [0.5, 0.6) is 0 Å². The number of carbonyl (C=O) groups excluding carboxylic acids is 1. The lowest BCUT2D eigenvalue weighted by Crippen LogP contribution is -2.08. The van der Waals surface area contributed by atoms with Crippen molar-refractivity contribution < 1.29 is 4.79 Å². The number of hydrogen-bond acceptors (Lipinski definition) is 1. The number of allylic oxidation sites excluding steroid dienone is 2. The summed E-state index contributed by atoms with van der Waals surface area (Å²) < 4.78 is 2.81. The fraction of sp³-hybridized carbons (Fsp3) is 0.0455. The molecule has 0 atom stereocenters. The first-order chi connectivity index (χ1) is 12.1. The topological polar surface area (TPSA) is 22.0 Å². The normalized spacial score (nSPS) is 13.9. The lowest BCUT2D eigenvalue weighted by molar-refractivity contribution is 0.0989. The molecule has 0 bridgehead atoms. The van der Waals surface area contributed by atoms with Crippen LogP contribution in [0, 0.1) is 0 Å². The molecule has 0 fully saturated rings. The minimum absolute atomic E-state index is 0.0517. The van der Waals surface area contributed by atoms with Crippen LogP contribution in [0.1, 0.15) is 23.0 Å². The van der Waals surface area contributed by atoms with Crippen LogP contribution in [0.4, 0.5) is 0 Å². The molecule has 3 heteroatoms. The summed E-state index contributed by atoms with van der Waals surface area (Å²) in [4.78, 5) is 13.2. The largest absolute Gasteiger partial charge is 0.276 e. The van der Waals surface area contributed by atoms with E-state index in [0.717, 1.165) is 43.2 Å². The second-order valence-electron chi connectivity index (χ2n) is 6.44. The highest BCUT2D eigenvalue weighted by Gasteiger charge is 2.30. The molecule has 0 saturated carbocycles. The van der Waals surface area contributed by atoms with Gasteiger partial charge in [-0.3, -0.25) is 9.36 Å². The van der Waals surface area contributed by atoms with E-state index in [2.05, 4.69) is 46.3 Å². The number of carbonyl (C=O) groups is 1. The summed E-state index contributed by atoms with van der Waals surface area (Å²) in [5, 5.41) is 3.42. The third kappa shape index (κ3) is 2.06. The number of rotatable bonds is 1. The van der Waals surface area contributed by atoms with E-state index in [1.54, 1.807) is 0 Å². The van der Waals surface area contributed by atoms with Crippen LogP contribution in [-0.2, 0) is 0 Å². The first-order valence-electron chi connectivity index (χ1n) is 8.19. The van der Waals surface area contributed by atoms with E-state index in [9.17, 15) is 4.79 Å². The Balaban J connectivity index is 1.74. The Hall–Kier alpha value is -2.65. The molecule has 0 spiro atoms. The smallest absolute Gasteiger partial charge is 0.263 e. The molecule has 1 aliphatic heterocycles. The summed E-state index contributed by atoms with van der Waals surface area (Å²) in [6, 6.07) is 22.6. The molecule has 2 nitrogen and oxygen atoms in total. The number of nitrogens with zero attached hydrogens (tertiary/aromatic N) is 1. The molecule has 4 aromatic rings. The highest BCUT2D eigenvalue weighted by atomic mass is 79.9. The van der Waals surface area contributed by atoms with Gasteiger partial charge in [-0.25, -0.2) is 0 Å². The van der Waals surface area contributed by atoms with Gasteiger partial charge in [0.05, 0.1) is 16.8 Å². The summed E-state index contributed by atoms with van der Waals surface area (Å²) in [7, 11) is 0. The molecule has 0 amide bonds. The Kier molecular flexibility index (Phi) is 3.03. The summed E-state index contributed by atoms with van der Waals surface area (Å²) in [6.07, 6.45) is 0. The summed E-state index contributed by atoms with van der Waals surface area (Å²) >= 11 is 3.51. The maximum Gasteiger partial charge on any atom is 0.263 e. The maximum absolute atomic E-state index is 13.2. The van der Waals surface area contributed by atoms with Crippen molar-refractivity contribution >= 4 is 54.7 Å². The van der Waals surface area contributed by atoms with Gasteiger partial charge in [-0.2, -0.15) is 0 Å². The number of benzene rings is 3. The average molecular weight is 388 g/mol. The summed E-state index contributed by atoms with van der Waals surface area (Å²) in [6.45, 7) is 2.04. The molecule has 0 N–H and O–H groups in total. The van der Waals surface area contributed by atoms with Gasteiger partial charge in [0.2, 0.25) is 0 Å². The lowest BCUT2D eigenvalue weighted by atomic mass is 9.97. The third-order valence-electron chi connectivity index (χ3n) is 4.98. The van der Waals surface area contributed by atoms with Gasteiger partial charge in [0.25, 0.3) is 5.91 Å². The van der Waals surface area contributed by atoms with Crippen molar-refractivity contribution in [3.8, 4) is 0 Å². The molecule has 0 aliphatic carbocycles. The Labute approximate surface area is 153 Å². The van der Waals surface area contributed by atoms with Crippen molar-refractivity contribution in [1.82, 2.24) is 4.57 Å². The fourth-order valence-electron chi connectivity index (χ4n) is 3.75. The van der Waals surface area contributed by atoms with Crippen LogP contribution in [0.25, 0.3) is 32.8 Å². The van der Waals surface area contributed by atoms with Crippen LogP contribution in [0.15, 0.2) is 71.2 Å². The van der Waals surface area contributed by atoms with E-state index in [1.165, 1.54) is 5.39 Å². The Morgan fingerprint density at radius 2 is 1.60 bits per heavy atom. The molecule has 25 heavy (non-hydrogen) atoms. The molecule has 1 aromatic heterocycles. The van der Waals surface area contributed by atoms with Gasteiger partial charge >= 0.3 is 0 Å². The zero-order valence-electron chi connectivity index (χ0n) is 13.6. The number of fused-ring (bicyclic) bond motifs is 4. The molecule has 0 saturated heterocycles. The van der Waals surface area contributed by atoms with Crippen LogP contribution in [0.3, 0.4) is 0 Å². The second-order valence-corrected chi connectivity index (χ2v) is 7.35. The fourth-order valence-corrected chi connectivity index (χ4v) is 4.10. The van der Waals surface area contributed by atoms with Gasteiger partial charge in [-0.15, -0.1) is 0 Å². The van der Waals surface area contributed by atoms with E-state index in [4.69, 9.17) is 0 Å². The Bertz CT molecular complexity index is 1230. The molecule has 0 radical (unpaired) electrons. The molecule has 2 heterocycles. The zero-order valence-corrected chi connectivity index (χ0v) is 15.2. The van der Waals surface area contributed by atoms with Crippen LogP contribution >= 0.6 is 15.9 Å². The van der Waals surface area contributed by atoms with Gasteiger partial charge in [-0.1, -0.05) is 58.4 Å². The summed E-state index contributed by atoms with van der Waals surface area (Å²) in [5.41, 5.74) is 4.74. The minimum Gasteiger partial charge on any atom is -0.276 e. The van der Waals surface area contributed by atoms with Crippen molar-refractivity contribution in [2.45, 2.75) is 6.92 Å². The number of hydrogen-bond donors (Lipinski definition) is 0. The second kappa shape index (κ2) is 5.17. The maximum atomic E-state index is 13.2. The van der Waals surface area contributed by atoms with Crippen LogP contribution < -0.4 is 0 Å². The first-order valence-corrected chi connectivity index (χ1v) is 8.99. The molecule has 1 aliphatic rings. The molecule has 3 aromatic carbocycles. The standard InChI is InChI=1S/C22H14BrNO/c1-13-19-11-16-8-9-18(23)12-20(16)24(19)22(25)21(13)17-7-6-14-4-2-3-5-15(14)10-17/h2-12H,1H3. The van der Waals surface area contributed by atoms with Crippen molar-refractivity contribution in [2.24, 2.45) is 0 Å². The van der Waals surface area contributed by atoms with Crippen LogP contribution in [0.2, 0.25) is 0 Å². The lowest BCUT2D eigenvalue weighted by Gasteiger charge is -2.07. The average Bonchev–Trinajstić information content (AvgIpc) is 3.10. The van der Waals surface area contributed by atoms with Crippen molar-refractivity contribution in [2.75, 3.05) is 0 Å². The highest BCUT2D eigenvalue weighted by Crippen LogP contribution is 2.39. The highest BCUT2D eigenvalue weighted by molar-refractivity contribution is 9.10. The van der Waals surface area contributed by atoms with Crippen molar-refractivity contribution in [3.05, 3.63) is 82.5 Å². The summed E-state index contributed by atoms with van der Waals surface area (Å²) in [5.74, 6) is 0.0517. The first kappa shape index (κ1) is 14.7. The van der Waals surface area contributed by atoms with E-state index < -0.39 is 0 Å². The molecule has 5 rings (SSSR count). The molecular formula is C22H14BrNO. The quantitative estimate of drug-likeness (QED) is 0.384. The molecule has 0 unspecified atom stereocenters. The minimum atomic E-state index is 0.0517. The van der Waals surface area contributed by atoms with Gasteiger partial charge in [-0.05, 0) is 53.1 Å². The Morgan fingerprint density at radius 3 is 2.44 bits per heavy atom. The third-order valence-corrected chi connectivity index (χ3v) is 5.47.